The number of benzene rings is 1. The van der Waals surface area contributed by atoms with Crippen LogP contribution in [0.25, 0.3) is 0 Å². The number of hydrogen-bond acceptors (Lipinski definition) is 5. The molecule has 0 bridgehead atoms. The van der Waals surface area contributed by atoms with Crippen LogP contribution in [0.1, 0.15) is 64.9 Å². The smallest absolute Gasteiger partial charge is 0.307 e. The molecule has 1 fully saturated rings. The number of esters is 1. The summed E-state index contributed by atoms with van der Waals surface area (Å²) in [5.74, 6) is -1.64. The molecule has 6 nitrogen and oxygen atoms in total. The van der Waals surface area contributed by atoms with E-state index < -0.39 is 29.5 Å². The molecule has 4 rings (SSSR count). The third kappa shape index (κ3) is 4.99. The number of aliphatic hydroxyl groups excluding tert-OH is 1. The predicted molar refractivity (Wildman–Crippen MR) is 133 cm³/mol. The number of carbonyl (C=O) groups is 3. The molecule has 6 heteroatoms. The van der Waals surface area contributed by atoms with Crippen LogP contribution in [0.3, 0.4) is 0 Å². The molecule has 1 spiro atoms. The fraction of sp³-hybridized carbons (Fsp3) is 0.552. The summed E-state index contributed by atoms with van der Waals surface area (Å²) in [5.41, 5.74) is 1.21. The fourth-order valence-corrected chi connectivity index (χ4v) is 6.06. The fourth-order valence-electron chi connectivity index (χ4n) is 6.06. The molecular formula is C29H37NO5. The van der Waals surface area contributed by atoms with Gasteiger partial charge < -0.3 is 15.2 Å². The molecule has 1 aromatic rings. The van der Waals surface area contributed by atoms with E-state index in [1.807, 2.05) is 56.3 Å². The third-order valence-corrected chi connectivity index (χ3v) is 8.13. The maximum absolute atomic E-state index is 13.8. The molecule has 6 unspecified atom stereocenters. The van der Waals surface area contributed by atoms with Crippen molar-refractivity contribution in [2.75, 3.05) is 0 Å². The molecule has 1 amide bonds. The van der Waals surface area contributed by atoms with Crippen molar-refractivity contribution < 1.29 is 24.2 Å². The normalized spacial score (nSPS) is 34.5. The lowest BCUT2D eigenvalue weighted by molar-refractivity contribution is -0.180. The largest absolute Gasteiger partial charge is 0.447 e. The van der Waals surface area contributed by atoms with E-state index in [-0.39, 0.29) is 30.6 Å². The Hall–Kier alpha value is -2.73. The molecule has 0 radical (unpaired) electrons. The van der Waals surface area contributed by atoms with Crippen molar-refractivity contribution in [1.82, 2.24) is 5.32 Å². The Balaban J connectivity index is 1.78. The molecular weight excluding hydrogens is 442 g/mol. The van der Waals surface area contributed by atoms with Gasteiger partial charge in [-0.1, -0.05) is 55.0 Å². The van der Waals surface area contributed by atoms with Crippen LogP contribution < -0.4 is 5.32 Å². The summed E-state index contributed by atoms with van der Waals surface area (Å²) in [6, 6.07) is 9.63. The number of ether oxygens (including phenoxy) is 1. The van der Waals surface area contributed by atoms with Crippen LogP contribution in [-0.4, -0.2) is 40.5 Å². The summed E-state index contributed by atoms with van der Waals surface area (Å²) in [7, 11) is 0. The van der Waals surface area contributed by atoms with E-state index in [2.05, 4.69) is 12.2 Å². The molecule has 0 saturated carbocycles. The van der Waals surface area contributed by atoms with Gasteiger partial charge in [0.25, 0.3) is 5.91 Å². The Bertz CT molecular complexity index is 1030. The Labute approximate surface area is 207 Å². The van der Waals surface area contributed by atoms with E-state index in [9.17, 15) is 19.5 Å². The molecule has 188 valence electrons. The number of hydrogen-bond donors (Lipinski definition) is 2. The SMILES string of the molecule is CC1=C(C)C2C(Cc3ccccc3)NC(=O)C23OC(=O)CCC(=O)CCCC(C)CC=CC3C1O. The highest BCUT2D eigenvalue weighted by molar-refractivity contribution is 5.93. The molecule has 35 heavy (non-hydrogen) atoms. The van der Waals surface area contributed by atoms with Crippen LogP contribution in [-0.2, 0) is 25.5 Å². The van der Waals surface area contributed by atoms with E-state index >= 15 is 0 Å². The van der Waals surface area contributed by atoms with E-state index in [1.165, 1.54) is 0 Å². The minimum Gasteiger partial charge on any atom is -0.447 e. The average molecular weight is 480 g/mol. The van der Waals surface area contributed by atoms with Gasteiger partial charge in [0.05, 0.1) is 24.4 Å². The number of rotatable bonds is 2. The zero-order valence-corrected chi connectivity index (χ0v) is 21.0. The quantitative estimate of drug-likeness (QED) is 0.493. The summed E-state index contributed by atoms with van der Waals surface area (Å²) in [6.07, 6.45) is 6.52. The molecule has 1 saturated heterocycles. The average Bonchev–Trinajstić information content (AvgIpc) is 3.09. The maximum atomic E-state index is 13.8. The molecule has 2 heterocycles. The number of amides is 1. The first kappa shape index (κ1) is 25.4. The molecule has 2 N–H and O–H groups in total. The molecule has 3 aliphatic rings. The van der Waals surface area contributed by atoms with Crippen molar-refractivity contribution in [3.63, 3.8) is 0 Å². The van der Waals surface area contributed by atoms with Crippen molar-refractivity contribution >= 4 is 17.7 Å². The van der Waals surface area contributed by atoms with Gasteiger partial charge in [-0.15, -0.1) is 0 Å². The lowest BCUT2D eigenvalue weighted by atomic mass is 9.63. The van der Waals surface area contributed by atoms with E-state index in [0.29, 0.717) is 18.8 Å². The lowest BCUT2D eigenvalue weighted by Crippen LogP contribution is -2.59. The molecule has 1 aromatic carbocycles. The van der Waals surface area contributed by atoms with Gasteiger partial charge in [0.15, 0.2) is 0 Å². The minimum atomic E-state index is -1.55. The highest BCUT2D eigenvalue weighted by Gasteiger charge is 2.66. The monoisotopic (exact) mass is 479 g/mol. The molecule has 0 aromatic heterocycles. The summed E-state index contributed by atoms with van der Waals surface area (Å²) >= 11 is 0. The van der Waals surface area contributed by atoms with Crippen molar-refractivity contribution in [2.24, 2.45) is 17.8 Å². The number of allylic oxidation sites excluding steroid dienone is 1. The van der Waals surface area contributed by atoms with Gasteiger partial charge in [-0.25, -0.2) is 0 Å². The van der Waals surface area contributed by atoms with Gasteiger partial charge in [-0.2, -0.15) is 0 Å². The molecule has 6 atom stereocenters. The number of carbonyl (C=O) groups excluding carboxylic acids is 3. The van der Waals surface area contributed by atoms with Crippen LogP contribution in [0.15, 0.2) is 53.6 Å². The van der Waals surface area contributed by atoms with Gasteiger partial charge in [0.1, 0.15) is 5.78 Å². The maximum Gasteiger partial charge on any atom is 0.307 e. The van der Waals surface area contributed by atoms with Crippen LogP contribution in [0.2, 0.25) is 0 Å². The van der Waals surface area contributed by atoms with Crippen molar-refractivity contribution in [3.05, 3.63) is 59.2 Å². The van der Waals surface area contributed by atoms with Gasteiger partial charge in [0.2, 0.25) is 5.60 Å². The highest BCUT2D eigenvalue weighted by Crippen LogP contribution is 2.50. The van der Waals surface area contributed by atoms with Gasteiger partial charge in [-0.3, -0.25) is 14.4 Å². The Kier molecular flexibility index (Phi) is 7.60. The number of nitrogens with one attached hydrogen (secondary N) is 1. The van der Waals surface area contributed by atoms with Crippen molar-refractivity contribution in [1.29, 1.82) is 0 Å². The van der Waals surface area contributed by atoms with Crippen LogP contribution in [0, 0.1) is 17.8 Å². The van der Waals surface area contributed by atoms with Gasteiger partial charge in [-0.05, 0) is 56.6 Å². The second-order valence-corrected chi connectivity index (χ2v) is 10.6. The second-order valence-electron chi connectivity index (χ2n) is 10.6. The summed E-state index contributed by atoms with van der Waals surface area (Å²) in [4.78, 5) is 39.2. The summed E-state index contributed by atoms with van der Waals surface area (Å²) in [6.45, 7) is 5.96. The topological polar surface area (TPSA) is 92.7 Å². The lowest BCUT2D eigenvalue weighted by Gasteiger charge is -2.46. The highest BCUT2D eigenvalue weighted by atomic mass is 16.6. The minimum absolute atomic E-state index is 0.0424. The zero-order valence-electron chi connectivity index (χ0n) is 21.0. The van der Waals surface area contributed by atoms with E-state index in [0.717, 1.165) is 36.0 Å². The second kappa shape index (κ2) is 10.5. The summed E-state index contributed by atoms with van der Waals surface area (Å²) < 4.78 is 6.11. The Morgan fingerprint density at radius 3 is 2.54 bits per heavy atom. The zero-order chi connectivity index (χ0) is 25.2. The first-order chi connectivity index (χ1) is 16.7. The first-order valence-electron chi connectivity index (χ1n) is 12.8. The van der Waals surface area contributed by atoms with Gasteiger partial charge >= 0.3 is 5.97 Å². The van der Waals surface area contributed by atoms with Crippen molar-refractivity contribution in [2.45, 2.75) is 83.5 Å². The van der Waals surface area contributed by atoms with Crippen molar-refractivity contribution in [3.8, 4) is 0 Å². The van der Waals surface area contributed by atoms with E-state index in [4.69, 9.17) is 4.74 Å². The summed E-state index contributed by atoms with van der Waals surface area (Å²) in [5, 5.41) is 14.5. The first-order valence-corrected chi connectivity index (χ1v) is 12.8. The third-order valence-electron chi connectivity index (χ3n) is 8.13. The van der Waals surface area contributed by atoms with Gasteiger partial charge in [0, 0.05) is 18.9 Å². The van der Waals surface area contributed by atoms with Crippen LogP contribution >= 0.6 is 0 Å². The molecule has 1 aliphatic carbocycles. The Morgan fingerprint density at radius 1 is 1.06 bits per heavy atom. The Morgan fingerprint density at radius 2 is 1.80 bits per heavy atom. The number of Topliss-reactive ketones (excluding diaryl/α,β-unsaturated/α-hetero) is 1. The molecule has 2 aliphatic heterocycles. The van der Waals surface area contributed by atoms with E-state index in [1.54, 1.807) is 0 Å². The van der Waals surface area contributed by atoms with Crippen LogP contribution in [0.4, 0.5) is 0 Å². The predicted octanol–water partition coefficient (Wildman–Crippen LogP) is 4.07. The number of aliphatic hydroxyl groups is 1. The van der Waals surface area contributed by atoms with Crippen LogP contribution in [0.5, 0.6) is 0 Å². The standard InChI is InChI=1S/C29H37NO5/c1-18-9-7-13-22(31)15-16-25(32)35-29-23(14-8-10-18)27(33)20(3)19(2)26(29)24(30-28(29)34)17-21-11-5-4-6-12-21/h4-6,8,11-12,14,18,23-24,26-27,33H,7,9-10,13,15-17H2,1-3H3,(H,30,34). The number of ketones is 1.